The Hall–Kier alpha value is -1.20. The van der Waals surface area contributed by atoms with Crippen LogP contribution in [0.25, 0.3) is 0 Å². The number of nitrogens with zero attached hydrogens (tertiary/aromatic N) is 3. The van der Waals surface area contributed by atoms with Crippen LogP contribution in [-0.2, 0) is 6.18 Å². The van der Waals surface area contributed by atoms with Crippen LogP contribution in [0, 0.1) is 0 Å². The van der Waals surface area contributed by atoms with Gasteiger partial charge in [-0.2, -0.15) is 13.2 Å². The maximum absolute atomic E-state index is 11.7. The summed E-state index contributed by atoms with van der Waals surface area (Å²) in [6, 6.07) is 0. The minimum absolute atomic E-state index is 0.618. The second kappa shape index (κ2) is 2.20. The van der Waals surface area contributed by atoms with E-state index in [2.05, 4.69) is 15.4 Å². The molecule has 0 bridgehead atoms. The Bertz CT molecular complexity index is 207. The van der Waals surface area contributed by atoms with Crippen molar-refractivity contribution in [2.45, 2.75) is 6.18 Å². The van der Waals surface area contributed by atoms with Gasteiger partial charge in [-0.3, -0.25) is 0 Å². The highest BCUT2D eigenvalue weighted by molar-refractivity contribution is 5.04. The molecule has 0 amide bonds. The SMILES string of the molecule is FC(F)(F)c1cnnnc1. The van der Waals surface area contributed by atoms with Crippen LogP contribution >= 0.6 is 0 Å². The molecular formula is C4H2F3N3. The highest BCUT2D eigenvalue weighted by Gasteiger charge is 2.31. The van der Waals surface area contributed by atoms with Gasteiger partial charge >= 0.3 is 6.18 Å². The molecule has 0 atom stereocenters. The van der Waals surface area contributed by atoms with Crippen LogP contribution in [0.3, 0.4) is 0 Å². The second-order valence-corrected chi connectivity index (χ2v) is 1.53. The van der Waals surface area contributed by atoms with Crippen molar-refractivity contribution in [2.75, 3.05) is 0 Å². The Labute approximate surface area is 53.9 Å². The van der Waals surface area contributed by atoms with E-state index in [4.69, 9.17) is 0 Å². The van der Waals surface area contributed by atoms with Crippen molar-refractivity contribution in [2.24, 2.45) is 0 Å². The Balaban J connectivity index is 2.97. The summed E-state index contributed by atoms with van der Waals surface area (Å²) in [5.41, 5.74) is -0.887. The molecular weight excluding hydrogens is 147 g/mol. The van der Waals surface area contributed by atoms with Crippen LogP contribution in [0.15, 0.2) is 12.4 Å². The largest absolute Gasteiger partial charge is 0.419 e. The Morgan fingerprint density at radius 3 is 1.90 bits per heavy atom. The smallest absolute Gasteiger partial charge is 0.166 e. The number of hydrogen-bond donors (Lipinski definition) is 0. The van der Waals surface area contributed by atoms with E-state index in [1.165, 1.54) is 0 Å². The Morgan fingerprint density at radius 1 is 1.10 bits per heavy atom. The van der Waals surface area contributed by atoms with E-state index in [1.807, 2.05) is 0 Å². The average molecular weight is 149 g/mol. The van der Waals surface area contributed by atoms with Gasteiger partial charge in [0, 0.05) is 0 Å². The normalized spacial score (nSPS) is 11.5. The molecule has 1 rings (SSSR count). The van der Waals surface area contributed by atoms with Gasteiger partial charge in [-0.05, 0) is 5.21 Å². The number of halogens is 3. The zero-order chi connectivity index (χ0) is 7.61. The van der Waals surface area contributed by atoms with Crippen LogP contribution in [0.1, 0.15) is 5.56 Å². The minimum Gasteiger partial charge on any atom is -0.166 e. The highest BCUT2D eigenvalue weighted by atomic mass is 19.4. The standard InChI is InChI=1S/C4H2F3N3/c5-4(6,7)3-1-8-10-9-2-3/h1-2H. The lowest BCUT2D eigenvalue weighted by atomic mass is 10.3. The van der Waals surface area contributed by atoms with Crippen molar-refractivity contribution in [1.82, 2.24) is 15.4 Å². The van der Waals surface area contributed by atoms with Crippen molar-refractivity contribution in [1.29, 1.82) is 0 Å². The van der Waals surface area contributed by atoms with Gasteiger partial charge in [0.15, 0.2) is 0 Å². The maximum atomic E-state index is 11.7. The summed E-state index contributed by atoms with van der Waals surface area (Å²) >= 11 is 0. The summed E-state index contributed by atoms with van der Waals surface area (Å²) in [5, 5.41) is 8.90. The third-order valence-electron chi connectivity index (χ3n) is 0.824. The lowest BCUT2D eigenvalue weighted by molar-refractivity contribution is -0.138. The van der Waals surface area contributed by atoms with E-state index in [1.54, 1.807) is 0 Å². The molecule has 0 aromatic carbocycles. The first-order chi connectivity index (χ1) is 4.61. The average Bonchev–Trinajstić information content (AvgIpc) is 1.88. The van der Waals surface area contributed by atoms with Gasteiger partial charge in [-0.1, -0.05) is 0 Å². The van der Waals surface area contributed by atoms with Crippen LogP contribution in [-0.4, -0.2) is 15.4 Å². The summed E-state index contributed by atoms with van der Waals surface area (Å²) in [5.74, 6) is 0. The minimum atomic E-state index is -4.37. The number of rotatable bonds is 0. The third-order valence-corrected chi connectivity index (χ3v) is 0.824. The molecule has 0 saturated heterocycles. The number of hydrogen-bond acceptors (Lipinski definition) is 3. The fourth-order valence-corrected chi connectivity index (χ4v) is 0.386. The van der Waals surface area contributed by atoms with Gasteiger partial charge in [0.1, 0.15) is 0 Å². The molecule has 1 aromatic rings. The van der Waals surface area contributed by atoms with Crippen molar-refractivity contribution in [3.63, 3.8) is 0 Å². The first kappa shape index (κ1) is 6.91. The van der Waals surface area contributed by atoms with Crippen molar-refractivity contribution in [3.05, 3.63) is 18.0 Å². The number of alkyl halides is 3. The van der Waals surface area contributed by atoms with E-state index in [-0.39, 0.29) is 0 Å². The van der Waals surface area contributed by atoms with E-state index < -0.39 is 11.7 Å². The van der Waals surface area contributed by atoms with Gasteiger partial charge in [0.05, 0.1) is 18.0 Å². The van der Waals surface area contributed by atoms with Gasteiger partial charge in [-0.25, -0.2) is 0 Å². The van der Waals surface area contributed by atoms with Crippen molar-refractivity contribution < 1.29 is 13.2 Å². The molecule has 0 aliphatic carbocycles. The monoisotopic (exact) mass is 149 g/mol. The topological polar surface area (TPSA) is 38.7 Å². The molecule has 0 radical (unpaired) electrons. The zero-order valence-electron chi connectivity index (χ0n) is 4.63. The van der Waals surface area contributed by atoms with Gasteiger partial charge < -0.3 is 0 Å². The molecule has 1 heterocycles. The van der Waals surface area contributed by atoms with Gasteiger partial charge in [0.25, 0.3) is 0 Å². The fourth-order valence-electron chi connectivity index (χ4n) is 0.386. The summed E-state index contributed by atoms with van der Waals surface area (Å²) in [4.78, 5) is 0. The molecule has 54 valence electrons. The third kappa shape index (κ3) is 1.40. The Kier molecular flexibility index (Phi) is 1.52. The van der Waals surface area contributed by atoms with Crippen LogP contribution in [0.2, 0.25) is 0 Å². The lowest BCUT2D eigenvalue weighted by Gasteiger charge is -2.01. The molecule has 3 nitrogen and oxygen atoms in total. The first-order valence-corrected chi connectivity index (χ1v) is 2.31. The lowest BCUT2D eigenvalue weighted by Crippen LogP contribution is -2.06. The molecule has 1 aromatic heterocycles. The van der Waals surface area contributed by atoms with Crippen LogP contribution < -0.4 is 0 Å². The molecule has 0 spiro atoms. The summed E-state index contributed by atoms with van der Waals surface area (Å²) in [6.45, 7) is 0. The highest BCUT2D eigenvalue weighted by Crippen LogP contribution is 2.26. The van der Waals surface area contributed by atoms with Crippen LogP contribution in [0.5, 0.6) is 0 Å². The predicted octanol–water partition coefficient (Wildman–Crippen LogP) is 0.890. The maximum Gasteiger partial charge on any atom is 0.419 e. The van der Waals surface area contributed by atoms with Crippen LogP contribution in [0.4, 0.5) is 13.2 Å². The molecule has 10 heavy (non-hydrogen) atoms. The molecule has 0 N–H and O–H groups in total. The van der Waals surface area contributed by atoms with E-state index in [0.29, 0.717) is 12.4 Å². The Morgan fingerprint density at radius 2 is 1.60 bits per heavy atom. The summed E-state index contributed by atoms with van der Waals surface area (Å²) < 4.78 is 35.0. The molecule has 0 aliphatic heterocycles. The summed E-state index contributed by atoms with van der Waals surface area (Å²) in [6.07, 6.45) is -3.14. The molecule has 6 heteroatoms. The van der Waals surface area contributed by atoms with E-state index in [0.717, 1.165) is 0 Å². The molecule has 0 fully saturated rings. The fraction of sp³-hybridized carbons (Fsp3) is 0.250. The first-order valence-electron chi connectivity index (χ1n) is 2.31. The quantitative estimate of drug-likeness (QED) is 0.549. The van der Waals surface area contributed by atoms with Gasteiger partial charge in [-0.15, -0.1) is 10.2 Å². The molecule has 0 saturated carbocycles. The predicted molar refractivity (Wildman–Crippen MR) is 24.8 cm³/mol. The zero-order valence-corrected chi connectivity index (χ0v) is 4.63. The summed E-state index contributed by atoms with van der Waals surface area (Å²) in [7, 11) is 0. The van der Waals surface area contributed by atoms with E-state index in [9.17, 15) is 13.2 Å². The van der Waals surface area contributed by atoms with Crippen molar-refractivity contribution in [3.8, 4) is 0 Å². The van der Waals surface area contributed by atoms with E-state index >= 15 is 0 Å². The number of aromatic nitrogens is 3. The second-order valence-electron chi connectivity index (χ2n) is 1.53. The molecule has 0 unspecified atom stereocenters. The van der Waals surface area contributed by atoms with Crippen molar-refractivity contribution >= 4 is 0 Å². The van der Waals surface area contributed by atoms with Gasteiger partial charge in [0.2, 0.25) is 0 Å². The molecule has 0 aliphatic rings.